The van der Waals surface area contributed by atoms with Gasteiger partial charge in [-0.05, 0) is 71.9 Å². The van der Waals surface area contributed by atoms with Crippen LogP contribution >= 0.6 is 0 Å². The number of aryl methyl sites for hydroxylation is 2. The average molecular weight is 393 g/mol. The highest BCUT2D eigenvalue weighted by atomic mass is 16.3. The summed E-state index contributed by atoms with van der Waals surface area (Å²) in [5.41, 5.74) is 6.74. The minimum absolute atomic E-state index is 0.818. The minimum Gasteiger partial charge on any atom is -0.380 e. The Bertz CT molecular complexity index is 729. The molecule has 1 nitrogen and oxygen atoms in total. The predicted molar refractivity (Wildman–Crippen MR) is 125 cm³/mol. The SMILES string of the molecule is CCCCCc1ccc2c(c1)C(O)(CCCCC)c1cc(CCCCC)ccc1-2. The molecule has 158 valence electrons. The largest absolute Gasteiger partial charge is 0.380 e. The molecule has 0 bridgehead atoms. The predicted octanol–water partition coefficient (Wildman–Crippen LogP) is 7.95. The molecule has 2 aromatic carbocycles. The van der Waals surface area contributed by atoms with Gasteiger partial charge in [0.05, 0.1) is 0 Å². The van der Waals surface area contributed by atoms with E-state index in [1.54, 1.807) is 0 Å². The van der Waals surface area contributed by atoms with E-state index >= 15 is 0 Å². The summed E-state index contributed by atoms with van der Waals surface area (Å²) in [7, 11) is 0. The van der Waals surface area contributed by atoms with Crippen molar-refractivity contribution >= 4 is 0 Å². The lowest BCUT2D eigenvalue weighted by atomic mass is 9.84. The lowest BCUT2D eigenvalue weighted by Crippen LogP contribution is -2.25. The fourth-order valence-electron chi connectivity index (χ4n) is 4.85. The molecule has 3 rings (SSSR count). The Labute approximate surface area is 178 Å². The van der Waals surface area contributed by atoms with Crippen molar-refractivity contribution in [2.75, 3.05) is 0 Å². The van der Waals surface area contributed by atoms with Crippen molar-refractivity contribution in [3.63, 3.8) is 0 Å². The van der Waals surface area contributed by atoms with E-state index < -0.39 is 5.60 Å². The third kappa shape index (κ3) is 4.94. The van der Waals surface area contributed by atoms with Crippen LogP contribution in [0.25, 0.3) is 11.1 Å². The fourth-order valence-corrected chi connectivity index (χ4v) is 4.85. The molecule has 0 saturated heterocycles. The van der Waals surface area contributed by atoms with Crippen LogP contribution in [0.1, 0.15) is 107 Å². The topological polar surface area (TPSA) is 20.2 Å². The standard InChI is InChI=1S/C28H40O/c1-4-7-10-13-22-15-17-24-25-18-16-23(14-11-8-5-2)21-27(25)28(29,26(24)20-22)19-12-9-6-3/h15-18,20-21,29H,4-14,19H2,1-3H3. The van der Waals surface area contributed by atoms with Gasteiger partial charge in [0.15, 0.2) is 0 Å². The van der Waals surface area contributed by atoms with Crippen LogP contribution in [-0.2, 0) is 18.4 Å². The van der Waals surface area contributed by atoms with Gasteiger partial charge in [0, 0.05) is 0 Å². The normalized spacial score (nSPS) is 14.1. The molecule has 1 N–H and O–H groups in total. The molecule has 0 fully saturated rings. The van der Waals surface area contributed by atoms with Gasteiger partial charge in [-0.15, -0.1) is 0 Å². The molecule has 0 saturated carbocycles. The monoisotopic (exact) mass is 392 g/mol. The number of hydrogen-bond acceptors (Lipinski definition) is 1. The summed E-state index contributed by atoms with van der Waals surface area (Å²) >= 11 is 0. The van der Waals surface area contributed by atoms with Crippen molar-refractivity contribution in [1.82, 2.24) is 0 Å². The zero-order valence-electron chi connectivity index (χ0n) is 18.9. The molecule has 0 atom stereocenters. The minimum atomic E-state index is -0.818. The van der Waals surface area contributed by atoms with Crippen LogP contribution in [0.3, 0.4) is 0 Å². The van der Waals surface area contributed by atoms with Crippen LogP contribution < -0.4 is 0 Å². The smallest absolute Gasteiger partial charge is 0.116 e. The number of aliphatic hydroxyl groups is 1. The Kier molecular flexibility index (Phi) is 7.95. The highest BCUT2D eigenvalue weighted by Gasteiger charge is 2.41. The Morgan fingerprint density at radius 1 is 0.621 bits per heavy atom. The Hall–Kier alpha value is -1.60. The van der Waals surface area contributed by atoms with Crippen molar-refractivity contribution in [3.8, 4) is 11.1 Å². The maximum absolute atomic E-state index is 12.0. The molecule has 0 spiro atoms. The summed E-state index contributed by atoms with van der Waals surface area (Å²) in [5.74, 6) is 0. The van der Waals surface area contributed by atoms with Gasteiger partial charge in [0.1, 0.15) is 5.60 Å². The lowest BCUT2D eigenvalue weighted by molar-refractivity contribution is 0.0726. The number of rotatable bonds is 12. The van der Waals surface area contributed by atoms with E-state index in [1.165, 1.54) is 73.6 Å². The Morgan fingerprint density at radius 2 is 1.07 bits per heavy atom. The van der Waals surface area contributed by atoms with Crippen LogP contribution in [0.5, 0.6) is 0 Å². The van der Waals surface area contributed by atoms with E-state index in [1.807, 2.05) is 0 Å². The number of benzene rings is 2. The second-order valence-corrected chi connectivity index (χ2v) is 8.99. The van der Waals surface area contributed by atoms with Crippen molar-refractivity contribution in [1.29, 1.82) is 0 Å². The fraction of sp³-hybridized carbons (Fsp3) is 0.571. The molecule has 2 aromatic rings. The zero-order valence-corrected chi connectivity index (χ0v) is 18.9. The van der Waals surface area contributed by atoms with Crippen molar-refractivity contribution in [2.45, 2.75) is 103 Å². The summed E-state index contributed by atoms with van der Waals surface area (Å²) in [4.78, 5) is 0. The van der Waals surface area contributed by atoms with Crippen LogP contribution in [0.15, 0.2) is 36.4 Å². The highest BCUT2D eigenvalue weighted by molar-refractivity contribution is 5.80. The van der Waals surface area contributed by atoms with Gasteiger partial charge < -0.3 is 5.11 Å². The number of hydrogen-bond donors (Lipinski definition) is 1. The quantitative estimate of drug-likeness (QED) is 0.363. The number of unbranched alkanes of at least 4 members (excludes halogenated alkanes) is 6. The molecular formula is C28H40O. The average Bonchev–Trinajstić information content (AvgIpc) is 2.97. The molecule has 0 heterocycles. The van der Waals surface area contributed by atoms with Crippen molar-refractivity contribution in [2.24, 2.45) is 0 Å². The van der Waals surface area contributed by atoms with E-state index in [0.29, 0.717) is 0 Å². The molecule has 1 aliphatic carbocycles. The molecular weight excluding hydrogens is 352 g/mol. The molecule has 1 aliphatic rings. The van der Waals surface area contributed by atoms with Crippen molar-refractivity contribution in [3.05, 3.63) is 58.7 Å². The molecule has 0 unspecified atom stereocenters. The summed E-state index contributed by atoms with van der Waals surface area (Å²) in [6.07, 6.45) is 14.0. The zero-order chi connectivity index (χ0) is 20.7. The van der Waals surface area contributed by atoms with Gasteiger partial charge >= 0.3 is 0 Å². The second kappa shape index (κ2) is 10.4. The molecule has 29 heavy (non-hydrogen) atoms. The van der Waals surface area contributed by atoms with E-state index in [2.05, 4.69) is 57.2 Å². The molecule has 0 aromatic heterocycles. The van der Waals surface area contributed by atoms with Gasteiger partial charge in [0.2, 0.25) is 0 Å². The summed E-state index contributed by atoms with van der Waals surface area (Å²) in [6.45, 7) is 6.74. The maximum Gasteiger partial charge on any atom is 0.116 e. The first-order valence-electron chi connectivity index (χ1n) is 12.1. The van der Waals surface area contributed by atoms with E-state index in [9.17, 15) is 5.11 Å². The van der Waals surface area contributed by atoms with Crippen LogP contribution in [-0.4, -0.2) is 5.11 Å². The van der Waals surface area contributed by atoms with Crippen molar-refractivity contribution < 1.29 is 5.11 Å². The first-order chi connectivity index (χ1) is 14.1. The van der Waals surface area contributed by atoms with E-state index in [4.69, 9.17) is 0 Å². The van der Waals surface area contributed by atoms with Gasteiger partial charge in [-0.2, -0.15) is 0 Å². The first kappa shape index (κ1) is 22.1. The van der Waals surface area contributed by atoms with Gasteiger partial charge in [-0.1, -0.05) is 95.7 Å². The number of fused-ring (bicyclic) bond motifs is 3. The highest BCUT2D eigenvalue weighted by Crippen LogP contribution is 2.50. The second-order valence-electron chi connectivity index (χ2n) is 8.99. The van der Waals surface area contributed by atoms with Crippen LogP contribution in [0.2, 0.25) is 0 Å². The Balaban J connectivity index is 1.94. The molecule has 1 heteroatoms. The summed E-state index contributed by atoms with van der Waals surface area (Å²) in [5, 5.41) is 12.0. The summed E-state index contributed by atoms with van der Waals surface area (Å²) in [6, 6.07) is 13.7. The van der Waals surface area contributed by atoms with E-state index in [0.717, 1.165) is 36.8 Å². The summed E-state index contributed by atoms with van der Waals surface area (Å²) < 4.78 is 0. The maximum atomic E-state index is 12.0. The third-order valence-corrected chi connectivity index (χ3v) is 6.63. The molecule has 0 aliphatic heterocycles. The first-order valence-corrected chi connectivity index (χ1v) is 12.1. The lowest BCUT2D eigenvalue weighted by Gasteiger charge is -2.27. The van der Waals surface area contributed by atoms with Gasteiger partial charge in [-0.25, -0.2) is 0 Å². The molecule has 0 radical (unpaired) electrons. The van der Waals surface area contributed by atoms with Gasteiger partial charge in [-0.3, -0.25) is 0 Å². The van der Waals surface area contributed by atoms with Crippen LogP contribution in [0.4, 0.5) is 0 Å². The third-order valence-electron chi connectivity index (χ3n) is 6.63. The van der Waals surface area contributed by atoms with Crippen LogP contribution in [0, 0.1) is 0 Å². The Morgan fingerprint density at radius 3 is 1.52 bits per heavy atom. The van der Waals surface area contributed by atoms with Gasteiger partial charge in [0.25, 0.3) is 0 Å². The molecule has 0 amide bonds. The van der Waals surface area contributed by atoms with E-state index in [-0.39, 0.29) is 0 Å².